The van der Waals surface area contributed by atoms with Crippen molar-refractivity contribution in [3.05, 3.63) is 47.5 Å². The summed E-state index contributed by atoms with van der Waals surface area (Å²) < 4.78 is 62.2. The van der Waals surface area contributed by atoms with Crippen molar-refractivity contribution in [2.45, 2.75) is 209 Å². The van der Waals surface area contributed by atoms with Crippen LogP contribution >= 0.6 is 0 Å². The van der Waals surface area contributed by atoms with E-state index in [0.717, 1.165) is 5.57 Å². The van der Waals surface area contributed by atoms with Gasteiger partial charge < -0.3 is 67.8 Å². The van der Waals surface area contributed by atoms with E-state index in [1.165, 1.54) is 6.92 Å². The van der Waals surface area contributed by atoms with Crippen LogP contribution in [0.1, 0.15) is 116 Å². The summed E-state index contributed by atoms with van der Waals surface area (Å²) >= 11 is 0. The van der Waals surface area contributed by atoms with Gasteiger partial charge in [0.1, 0.15) is 41.2 Å². The van der Waals surface area contributed by atoms with E-state index >= 15 is 0 Å². The van der Waals surface area contributed by atoms with Gasteiger partial charge in [0.05, 0.1) is 53.7 Å². The Labute approximate surface area is 382 Å². The predicted octanol–water partition coefficient (Wildman–Crippen LogP) is 4.30. The first-order valence-electron chi connectivity index (χ1n) is 23.6. The zero-order chi connectivity index (χ0) is 46.9. The molecule has 1 aromatic carbocycles. The number of ether oxygens (including phenoxy) is 10. The molecule has 20 unspecified atom stereocenters. The molecule has 3 heterocycles. The highest BCUT2D eigenvalue weighted by atomic mass is 16.7. The third kappa shape index (κ3) is 8.17. The van der Waals surface area contributed by atoms with Gasteiger partial charge in [0.25, 0.3) is 0 Å². The maximum absolute atomic E-state index is 13.7. The van der Waals surface area contributed by atoms with Crippen LogP contribution in [0.2, 0.25) is 0 Å². The molecule has 16 heteroatoms. The summed E-state index contributed by atoms with van der Waals surface area (Å²) in [5.74, 6) is -1.73. The number of fused-ring (bicyclic) bond motifs is 5. The molecule has 20 atom stereocenters. The van der Waals surface area contributed by atoms with E-state index in [4.69, 9.17) is 47.4 Å². The Hall–Kier alpha value is -2.42. The largest absolute Gasteiger partial charge is 0.458 e. The second kappa shape index (κ2) is 18.5. The minimum Gasteiger partial charge on any atom is -0.458 e. The minimum absolute atomic E-state index is 0.0370. The normalized spacial score (nSPS) is 48.6. The Morgan fingerprint density at radius 1 is 0.723 bits per heavy atom. The lowest BCUT2D eigenvalue weighted by molar-refractivity contribution is -0.338. The Morgan fingerprint density at radius 3 is 1.85 bits per heavy atom. The average molecular weight is 917 g/mol. The van der Waals surface area contributed by atoms with Gasteiger partial charge in [-0.25, -0.2) is 4.79 Å². The van der Waals surface area contributed by atoms with Crippen molar-refractivity contribution in [1.82, 2.24) is 0 Å². The highest BCUT2D eigenvalue weighted by Gasteiger charge is 2.81. The van der Waals surface area contributed by atoms with Gasteiger partial charge >= 0.3 is 5.97 Å². The Balaban J connectivity index is 0.924. The van der Waals surface area contributed by atoms with Crippen LogP contribution in [0, 0.1) is 16.7 Å². The second-order valence-corrected chi connectivity index (χ2v) is 20.3. The van der Waals surface area contributed by atoms with Crippen LogP contribution < -0.4 is 0 Å². The number of benzene rings is 1. The zero-order valence-corrected chi connectivity index (χ0v) is 39.4. The molecule has 1 aromatic rings. The number of ketones is 1. The van der Waals surface area contributed by atoms with Crippen LogP contribution in [-0.4, -0.2) is 156 Å². The monoisotopic (exact) mass is 916 g/mol. The molecular weight excluding hydrogens is 845 g/mol. The molecule has 8 rings (SSSR count). The lowest BCUT2D eigenvalue weighted by Gasteiger charge is -2.67. The van der Waals surface area contributed by atoms with Crippen molar-refractivity contribution in [2.75, 3.05) is 21.3 Å². The fourth-order valence-corrected chi connectivity index (χ4v) is 13.2. The molecule has 0 aromatic heterocycles. The first kappa shape index (κ1) is 49.0. The third-order valence-electron chi connectivity index (χ3n) is 17.2. The molecule has 3 saturated carbocycles. The van der Waals surface area contributed by atoms with Crippen LogP contribution in [0.5, 0.6) is 0 Å². The van der Waals surface area contributed by atoms with Crippen LogP contribution in [0.3, 0.4) is 0 Å². The summed E-state index contributed by atoms with van der Waals surface area (Å²) in [6.45, 7) is 10.6. The topological polar surface area (TPSA) is 207 Å². The van der Waals surface area contributed by atoms with Gasteiger partial charge in [-0.15, -0.1) is 0 Å². The summed E-state index contributed by atoms with van der Waals surface area (Å²) in [6, 6.07) is 8.53. The highest BCUT2D eigenvalue weighted by Crippen LogP contribution is 2.71. The summed E-state index contributed by atoms with van der Waals surface area (Å²) in [7, 11) is 4.84. The van der Waals surface area contributed by atoms with Crippen molar-refractivity contribution >= 4 is 11.8 Å². The molecule has 364 valence electrons. The molecule has 3 saturated heterocycles. The first-order chi connectivity index (χ1) is 30.8. The highest BCUT2D eigenvalue weighted by molar-refractivity contribution is 5.90. The molecule has 0 radical (unpaired) electrons. The third-order valence-corrected chi connectivity index (χ3v) is 17.2. The molecule has 4 aliphatic carbocycles. The predicted molar refractivity (Wildman–Crippen MR) is 231 cm³/mol. The molecule has 0 amide bonds. The van der Waals surface area contributed by atoms with Gasteiger partial charge in [0.15, 0.2) is 24.7 Å². The standard InChI is InChI=1S/C49H72O16/c1-26-41(51)33(56-7)22-39(59-26)64-43-28(3)61-40(24-35(43)58-9)65-42-27(2)60-38(23-34(42)57-8)62-32-16-17-45(5)31(21-32)15-18-48(54)36(45)25-37(63-44(52)30-13-11-10-12-14-30)46(6)47(53,29(4)50)19-20-49(46,48)55/h10-15,26-28,32-43,51,53-55H,16-25H2,1-9H3. The van der Waals surface area contributed by atoms with Crippen LogP contribution in [-0.2, 0) is 52.2 Å². The number of hydrogen-bond acceptors (Lipinski definition) is 16. The Kier molecular flexibility index (Phi) is 13.9. The average Bonchev–Trinajstić information content (AvgIpc) is 3.51. The second-order valence-electron chi connectivity index (χ2n) is 20.3. The van der Waals surface area contributed by atoms with Crippen molar-refractivity contribution < 1.29 is 77.4 Å². The van der Waals surface area contributed by atoms with E-state index in [0.29, 0.717) is 44.1 Å². The molecule has 4 N–H and O–H groups in total. The maximum atomic E-state index is 13.7. The van der Waals surface area contributed by atoms with E-state index in [1.807, 2.05) is 19.9 Å². The van der Waals surface area contributed by atoms with Gasteiger partial charge in [0.2, 0.25) is 0 Å². The number of aliphatic hydroxyl groups is 4. The number of methoxy groups -OCH3 is 3. The smallest absolute Gasteiger partial charge is 0.338 e. The first-order valence-corrected chi connectivity index (χ1v) is 23.6. The molecule has 7 aliphatic rings. The number of carbonyl (C=O) groups is 2. The minimum atomic E-state index is -2.03. The quantitative estimate of drug-likeness (QED) is 0.170. The van der Waals surface area contributed by atoms with Crippen molar-refractivity contribution in [2.24, 2.45) is 16.7 Å². The fourth-order valence-electron chi connectivity index (χ4n) is 13.2. The van der Waals surface area contributed by atoms with Crippen LogP contribution in [0.25, 0.3) is 0 Å². The fraction of sp³-hybridized carbons (Fsp3) is 0.796. The SMILES string of the molecule is COC1CC(OC2C(C)OC(OC3C(C)OC(OC4CCC5(C)C(=CCC6(O)C5CC(OC(=O)c5ccccc5)C5(C)C(O)(C(C)=O)CCC65O)C4)CC3OC)CC2OC)OC(C)C1O. The number of rotatable bonds is 12. The summed E-state index contributed by atoms with van der Waals surface area (Å²) in [5.41, 5.74) is -6.62. The van der Waals surface area contributed by atoms with Crippen LogP contribution in [0.4, 0.5) is 0 Å². The maximum Gasteiger partial charge on any atom is 0.338 e. The van der Waals surface area contributed by atoms with Crippen molar-refractivity contribution in [3.63, 3.8) is 0 Å². The van der Waals surface area contributed by atoms with E-state index in [-0.39, 0.29) is 44.0 Å². The molecule has 0 bridgehead atoms. The van der Waals surface area contributed by atoms with Gasteiger partial charge in [-0.1, -0.05) is 36.8 Å². The summed E-state index contributed by atoms with van der Waals surface area (Å²) in [6.07, 6.45) is -2.19. The Bertz CT molecular complexity index is 1900. The molecule has 16 nitrogen and oxygen atoms in total. The number of aliphatic hydroxyl groups excluding tert-OH is 1. The van der Waals surface area contributed by atoms with E-state index in [9.17, 15) is 30.0 Å². The Morgan fingerprint density at radius 2 is 1.28 bits per heavy atom. The van der Waals surface area contributed by atoms with Crippen molar-refractivity contribution in [1.29, 1.82) is 0 Å². The number of hydrogen-bond donors (Lipinski definition) is 4. The molecular formula is C49H72O16. The number of esters is 1. The number of carbonyl (C=O) groups excluding carboxylic acids is 2. The molecule has 3 aliphatic heterocycles. The molecule has 0 spiro atoms. The van der Waals surface area contributed by atoms with Crippen molar-refractivity contribution in [3.8, 4) is 0 Å². The zero-order valence-electron chi connectivity index (χ0n) is 39.4. The van der Waals surface area contributed by atoms with Gasteiger partial charge in [0, 0.05) is 46.5 Å². The van der Waals surface area contributed by atoms with Crippen LogP contribution in [0.15, 0.2) is 42.0 Å². The molecule has 65 heavy (non-hydrogen) atoms. The van der Waals surface area contributed by atoms with Gasteiger partial charge in [-0.05, 0) is 97.1 Å². The van der Waals surface area contributed by atoms with E-state index < -0.39 is 113 Å². The molecule has 6 fully saturated rings. The summed E-state index contributed by atoms with van der Waals surface area (Å²) in [4.78, 5) is 26.9. The van der Waals surface area contributed by atoms with E-state index in [2.05, 4.69) is 6.92 Å². The summed E-state index contributed by atoms with van der Waals surface area (Å²) in [5, 5.41) is 48.3. The lowest BCUT2D eigenvalue weighted by atomic mass is 9.42. The number of Topliss-reactive ketones (excluding diaryl/α,β-unsaturated/α-hetero) is 1. The van der Waals surface area contributed by atoms with E-state index in [1.54, 1.807) is 65.5 Å². The van der Waals surface area contributed by atoms with Gasteiger partial charge in [-0.3, -0.25) is 4.79 Å². The van der Waals surface area contributed by atoms with Gasteiger partial charge in [-0.2, -0.15) is 0 Å². The lowest BCUT2D eigenvalue weighted by Crippen LogP contribution is -2.78.